The van der Waals surface area contributed by atoms with Gasteiger partial charge in [0.2, 0.25) is 5.88 Å². The molecule has 0 spiro atoms. The predicted octanol–water partition coefficient (Wildman–Crippen LogP) is -3.34. The Bertz CT molecular complexity index is 503. The normalized spacial score (nSPS) is 34.1. The SMILES string of the molecule is NC(=O)c1ncn([C@@H]2O[C@H](CO)[C@H](O)[C@H](O)[C@H]2O)c1O. The van der Waals surface area contributed by atoms with E-state index in [1.807, 2.05) is 0 Å². The smallest absolute Gasteiger partial charge is 0.272 e. The van der Waals surface area contributed by atoms with Crippen molar-refractivity contribution in [1.82, 2.24) is 9.55 Å². The van der Waals surface area contributed by atoms with E-state index in [1.54, 1.807) is 0 Å². The van der Waals surface area contributed by atoms with Gasteiger partial charge in [-0.15, -0.1) is 0 Å². The van der Waals surface area contributed by atoms with Crippen LogP contribution in [0.5, 0.6) is 5.88 Å². The lowest BCUT2D eigenvalue weighted by atomic mass is 9.98. The maximum atomic E-state index is 11.0. The fraction of sp³-hybridized carbons (Fsp3) is 0.600. The number of imidazole rings is 1. The summed E-state index contributed by atoms with van der Waals surface area (Å²) in [5.74, 6) is -1.63. The Labute approximate surface area is 112 Å². The van der Waals surface area contributed by atoms with Crippen LogP contribution in [0.1, 0.15) is 16.7 Å². The number of aromatic hydroxyl groups is 1. The fourth-order valence-electron chi connectivity index (χ4n) is 2.03. The zero-order valence-electron chi connectivity index (χ0n) is 10.2. The Morgan fingerprint density at radius 1 is 1.35 bits per heavy atom. The van der Waals surface area contributed by atoms with Crippen LogP contribution in [-0.2, 0) is 4.74 Å². The number of rotatable bonds is 3. The van der Waals surface area contributed by atoms with Gasteiger partial charge in [0.25, 0.3) is 5.91 Å². The number of carbonyl (C=O) groups excluding carboxylic acids is 1. The van der Waals surface area contributed by atoms with Gasteiger partial charge in [0, 0.05) is 0 Å². The molecule has 2 rings (SSSR count). The lowest BCUT2D eigenvalue weighted by Gasteiger charge is -2.40. The van der Waals surface area contributed by atoms with Crippen LogP contribution in [0.3, 0.4) is 0 Å². The maximum absolute atomic E-state index is 11.0. The van der Waals surface area contributed by atoms with Crippen molar-refractivity contribution in [2.75, 3.05) is 6.61 Å². The third-order valence-electron chi connectivity index (χ3n) is 3.14. The average molecular weight is 289 g/mol. The highest BCUT2D eigenvalue weighted by atomic mass is 16.6. The standard InChI is InChI=1S/C10H15N3O7/c11-8(18)4-9(19)13(2-12-4)10-7(17)6(16)5(15)3(1-14)20-10/h2-3,5-7,10,14-17,19H,1H2,(H2,11,18)/t3-,5+,6+,7-,10-/m1/s1. The Morgan fingerprint density at radius 3 is 2.50 bits per heavy atom. The lowest BCUT2D eigenvalue weighted by Crippen LogP contribution is -2.56. The average Bonchev–Trinajstić information content (AvgIpc) is 2.78. The van der Waals surface area contributed by atoms with Crippen LogP contribution >= 0.6 is 0 Å². The van der Waals surface area contributed by atoms with E-state index in [-0.39, 0.29) is 0 Å². The molecule has 20 heavy (non-hydrogen) atoms. The Kier molecular flexibility index (Phi) is 3.92. The minimum Gasteiger partial charge on any atom is -0.493 e. The van der Waals surface area contributed by atoms with E-state index in [0.717, 1.165) is 10.9 Å². The summed E-state index contributed by atoms with van der Waals surface area (Å²) >= 11 is 0. The van der Waals surface area contributed by atoms with E-state index in [9.17, 15) is 25.2 Å². The number of primary amides is 1. The molecule has 1 saturated heterocycles. The molecule has 1 aliphatic rings. The van der Waals surface area contributed by atoms with E-state index in [1.165, 1.54) is 0 Å². The Balaban J connectivity index is 2.34. The highest BCUT2D eigenvalue weighted by Gasteiger charge is 2.45. The van der Waals surface area contributed by atoms with Gasteiger partial charge in [0.05, 0.1) is 6.61 Å². The molecule has 1 aromatic heterocycles. The highest BCUT2D eigenvalue weighted by Crippen LogP contribution is 2.31. The second-order valence-corrected chi connectivity index (χ2v) is 4.41. The first-order chi connectivity index (χ1) is 9.38. The summed E-state index contributed by atoms with van der Waals surface area (Å²) in [5.41, 5.74) is 4.56. The highest BCUT2D eigenvalue weighted by molar-refractivity contribution is 5.92. The largest absolute Gasteiger partial charge is 0.493 e. The third kappa shape index (κ3) is 2.23. The van der Waals surface area contributed by atoms with E-state index in [0.29, 0.717) is 0 Å². The van der Waals surface area contributed by atoms with Gasteiger partial charge in [0.15, 0.2) is 11.9 Å². The number of ether oxygens (including phenoxy) is 1. The number of amides is 1. The zero-order valence-corrected chi connectivity index (χ0v) is 10.2. The van der Waals surface area contributed by atoms with Crippen molar-refractivity contribution in [3.05, 3.63) is 12.0 Å². The summed E-state index contributed by atoms with van der Waals surface area (Å²) in [4.78, 5) is 14.6. The predicted molar refractivity (Wildman–Crippen MR) is 61.4 cm³/mol. The molecule has 1 amide bonds. The summed E-state index contributed by atoms with van der Waals surface area (Å²) in [5, 5.41) is 48.0. The summed E-state index contributed by atoms with van der Waals surface area (Å²) in [6, 6.07) is 0. The molecule has 7 N–H and O–H groups in total. The molecule has 0 aliphatic carbocycles. The van der Waals surface area contributed by atoms with Crippen LogP contribution in [0.2, 0.25) is 0 Å². The van der Waals surface area contributed by atoms with Crippen molar-refractivity contribution in [2.45, 2.75) is 30.6 Å². The summed E-state index contributed by atoms with van der Waals surface area (Å²) in [6.45, 7) is -0.612. The van der Waals surface area contributed by atoms with Crippen molar-refractivity contribution in [1.29, 1.82) is 0 Å². The van der Waals surface area contributed by atoms with Crippen molar-refractivity contribution in [2.24, 2.45) is 5.73 Å². The Hall–Kier alpha value is -1.72. The first kappa shape index (κ1) is 14.7. The zero-order chi connectivity index (χ0) is 15.0. The van der Waals surface area contributed by atoms with E-state index < -0.39 is 54.7 Å². The number of aliphatic hydroxyl groups is 4. The summed E-state index contributed by atoms with van der Waals surface area (Å²) in [7, 11) is 0. The minimum atomic E-state index is -1.61. The van der Waals surface area contributed by atoms with Gasteiger partial charge < -0.3 is 36.0 Å². The van der Waals surface area contributed by atoms with E-state index >= 15 is 0 Å². The second-order valence-electron chi connectivity index (χ2n) is 4.41. The van der Waals surface area contributed by atoms with Crippen molar-refractivity contribution >= 4 is 5.91 Å². The number of aromatic nitrogens is 2. The first-order valence-corrected chi connectivity index (χ1v) is 5.74. The molecule has 5 atom stereocenters. The molecule has 112 valence electrons. The number of hydrogen-bond acceptors (Lipinski definition) is 8. The van der Waals surface area contributed by atoms with Gasteiger partial charge in [-0.05, 0) is 0 Å². The summed E-state index contributed by atoms with van der Waals surface area (Å²) in [6.07, 6.45) is -6.23. The van der Waals surface area contributed by atoms with Crippen LogP contribution in [0.15, 0.2) is 6.33 Å². The molecule has 2 heterocycles. The van der Waals surface area contributed by atoms with Crippen LogP contribution in [0.25, 0.3) is 0 Å². The number of carbonyl (C=O) groups is 1. The molecule has 0 saturated carbocycles. The number of nitrogens with zero attached hydrogens (tertiary/aromatic N) is 2. The van der Waals surface area contributed by atoms with Crippen LogP contribution in [0.4, 0.5) is 0 Å². The molecule has 0 bridgehead atoms. The fourth-order valence-corrected chi connectivity index (χ4v) is 2.03. The van der Waals surface area contributed by atoms with Crippen LogP contribution in [-0.4, -0.2) is 72.0 Å². The van der Waals surface area contributed by atoms with E-state index in [4.69, 9.17) is 15.6 Å². The van der Waals surface area contributed by atoms with Crippen molar-refractivity contribution in [3.8, 4) is 5.88 Å². The summed E-state index contributed by atoms with van der Waals surface area (Å²) < 4.78 is 6.07. The second kappa shape index (κ2) is 5.34. The minimum absolute atomic E-state index is 0.429. The molecular weight excluding hydrogens is 274 g/mol. The number of nitrogens with two attached hydrogens (primary N) is 1. The molecule has 1 aliphatic heterocycles. The monoisotopic (exact) mass is 289 g/mol. The van der Waals surface area contributed by atoms with Gasteiger partial charge >= 0.3 is 0 Å². The molecular formula is C10H15N3O7. The number of hydrogen-bond donors (Lipinski definition) is 6. The molecule has 10 heteroatoms. The lowest BCUT2D eigenvalue weighted by molar-refractivity contribution is -0.252. The Morgan fingerprint density at radius 2 is 2.00 bits per heavy atom. The molecule has 10 nitrogen and oxygen atoms in total. The van der Waals surface area contributed by atoms with Gasteiger partial charge in [-0.1, -0.05) is 0 Å². The molecule has 0 aromatic carbocycles. The van der Waals surface area contributed by atoms with Crippen molar-refractivity contribution in [3.63, 3.8) is 0 Å². The molecule has 0 radical (unpaired) electrons. The van der Waals surface area contributed by atoms with E-state index in [2.05, 4.69) is 4.98 Å². The molecule has 1 aromatic rings. The van der Waals surface area contributed by atoms with Gasteiger partial charge in [0.1, 0.15) is 30.7 Å². The van der Waals surface area contributed by atoms with Crippen LogP contribution < -0.4 is 5.73 Å². The van der Waals surface area contributed by atoms with Crippen molar-refractivity contribution < 1.29 is 35.1 Å². The van der Waals surface area contributed by atoms with Gasteiger partial charge in [-0.3, -0.25) is 9.36 Å². The first-order valence-electron chi connectivity index (χ1n) is 5.74. The topological polar surface area (TPSA) is 171 Å². The maximum Gasteiger partial charge on any atom is 0.272 e. The number of aliphatic hydroxyl groups excluding tert-OH is 4. The van der Waals surface area contributed by atoms with Gasteiger partial charge in [-0.25, -0.2) is 4.98 Å². The molecule has 1 fully saturated rings. The molecule has 0 unspecified atom stereocenters. The third-order valence-corrected chi connectivity index (χ3v) is 3.14. The quantitative estimate of drug-likeness (QED) is 0.335. The van der Waals surface area contributed by atoms with Crippen LogP contribution in [0, 0.1) is 0 Å². The van der Waals surface area contributed by atoms with Gasteiger partial charge in [-0.2, -0.15) is 0 Å².